The summed E-state index contributed by atoms with van der Waals surface area (Å²) in [5.41, 5.74) is 0.798. The van der Waals surface area contributed by atoms with E-state index in [-0.39, 0.29) is 11.7 Å². The van der Waals surface area contributed by atoms with Crippen LogP contribution < -0.4 is 4.90 Å². The third-order valence-electron chi connectivity index (χ3n) is 6.55. The molecule has 5 nitrogen and oxygen atoms in total. The number of anilines is 1. The number of para-hydroxylation sites is 1. The molecule has 4 rings (SSSR count). The first kappa shape index (κ1) is 24.5. The van der Waals surface area contributed by atoms with Crippen molar-refractivity contribution in [3.8, 4) is 0 Å². The van der Waals surface area contributed by atoms with Crippen LogP contribution in [0.2, 0.25) is 0 Å². The van der Waals surface area contributed by atoms with Crippen molar-refractivity contribution in [3.63, 3.8) is 0 Å². The summed E-state index contributed by atoms with van der Waals surface area (Å²) < 4.78 is 52.3. The Labute approximate surface area is 197 Å². The second-order valence-corrected chi connectivity index (χ2v) is 8.92. The van der Waals surface area contributed by atoms with E-state index in [0.29, 0.717) is 45.0 Å². The molecule has 2 aliphatic heterocycles. The minimum absolute atomic E-state index is 0.0874. The molecule has 0 N–H and O–H groups in total. The van der Waals surface area contributed by atoms with Crippen molar-refractivity contribution in [2.75, 3.05) is 63.8 Å². The Morgan fingerprint density at radius 2 is 1.44 bits per heavy atom. The second kappa shape index (κ2) is 10.7. The Balaban J connectivity index is 1.22. The van der Waals surface area contributed by atoms with Crippen molar-refractivity contribution in [2.45, 2.75) is 19.1 Å². The number of nitrogens with zero attached hydrogens (tertiary/aromatic N) is 4. The maximum atomic E-state index is 14.0. The molecule has 0 bridgehead atoms. The van der Waals surface area contributed by atoms with Gasteiger partial charge in [0.05, 0.1) is 17.8 Å². The fraction of sp³-hybridized carbons (Fsp3) is 0.480. The number of carbonyl (C=O) groups is 1. The van der Waals surface area contributed by atoms with Gasteiger partial charge in [-0.2, -0.15) is 13.2 Å². The van der Waals surface area contributed by atoms with Crippen LogP contribution in [0.1, 0.15) is 17.5 Å². The number of hydrogen-bond donors (Lipinski definition) is 0. The van der Waals surface area contributed by atoms with Crippen molar-refractivity contribution in [1.82, 2.24) is 14.7 Å². The van der Waals surface area contributed by atoms with Crippen LogP contribution in [0.3, 0.4) is 0 Å². The van der Waals surface area contributed by atoms with Gasteiger partial charge in [-0.3, -0.25) is 14.6 Å². The molecule has 0 unspecified atom stereocenters. The summed E-state index contributed by atoms with van der Waals surface area (Å²) in [6.07, 6.45) is -3.42. The molecule has 9 heteroatoms. The van der Waals surface area contributed by atoms with Gasteiger partial charge >= 0.3 is 6.18 Å². The molecule has 2 aromatic carbocycles. The average molecular weight is 479 g/mol. The number of alkyl halides is 3. The quantitative estimate of drug-likeness (QED) is 0.614. The lowest BCUT2D eigenvalue weighted by Crippen LogP contribution is -2.51. The molecule has 2 fully saturated rings. The molecule has 2 saturated heterocycles. The van der Waals surface area contributed by atoms with Crippen molar-refractivity contribution in [2.24, 2.45) is 0 Å². The maximum absolute atomic E-state index is 14.0. The van der Waals surface area contributed by atoms with Crippen LogP contribution in [0, 0.1) is 5.82 Å². The summed E-state index contributed by atoms with van der Waals surface area (Å²) in [6, 6.07) is 12.0. The summed E-state index contributed by atoms with van der Waals surface area (Å²) in [5, 5.41) is 0. The first-order valence-corrected chi connectivity index (χ1v) is 11.7. The number of carbonyl (C=O) groups excluding carboxylic acids is 1. The van der Waals surface area contributed by atoms with Gasteiger partial charge in [0.1, 0.15) is 5.82 Å². The lowest BCUT2D eigenvalue weighted by Gasteiger charge is -2.37. The molecule has 0 aliphatic carbocycles. The fourth-order valence-electron chi connectivity index (χ4n) is 4.59. The predicted molar refractivity (Wildman–Crippen MR) is 123 cm³/mol. The molecule has 1 amide bonds. The molecule has 34 heavy (non-hydrogen) atoms. The molecular weight excluding hydrogens is 448 g/mol. The van der Waals surface area contributed by atoms with Gasteiger partial charge in [0.2, 0.25) is 5.91 Å². The van der Waals surface area contributed by atoms with Gasteiger partial charge in [-0.15, -0.1) is 0 Å². The molecule has 0 spiro atoms. The van der Waals surface area contributed by atoms with Gasteiger partial charge in [0, 0.05) is 45.8 Å². The first-order chi connectivity index (χ1) is 16.3. The summed E-state index contributed by atoms with van der Waals surface area (Å²) in [4.78, 5) is 21.1. The zero-order valence-corrected chi connectivity index (χ0v) is 19.1. The first-order valence-electron chi connectivity index (χ1n) is 11.7. The van der Waals surface area contributed by atoms with Gasteiger partial charge in [0.15, 0.2) is 0 Å². The molecule has 2 heterocycles. The molecule has 0 saturated carbocycles. The maximum Gasteiger partial charge on any atom is 0.416 e. The lowest BCUT2D eigenvalue weighted by molar-refractivity contribution is -0.137. The number of amides is 1. The van der Waals surface area contributed by atoms with E-state index in [1.54, 1.807) is 12.1 Å². The Hall–Kier alpha value is -2.65. The van der Waals surface area contributed by atoms with Gasteiger partial charge in [-0.25, -0.2) is 4.39 Å². The standard InChI is InChI=1S/C25H30F4N4O/c26-22-4-1-2-5-23(22)32-14-16-33(17-15-32)24(34)19-31-11-3-10-30(12-13-31)18-20-6-8-21(9-7-20)25(27,28)29/h1-2,4-9H,3,10-19H2. The molecule has 2 aliphatic rings. The molecule has 0 atom stereocenters. The van der Waals surface area contributed by atoms with E-state index >= 15 is 0 Å². The zero-order chi connectivity index (χ0) is 24.1. The number of benzene rings is 2. The van der Waals surface area contributed by atoms with E-state index in [2.05, 4.69) is 9.80 Å². The number of rotatable bonds is 5. The predicted octanol–water partition coefficient (Wildman–Crippen LogP) is 3.70. The summed E-state index contributed by atoms with van der Waals surface area (Å²) >= 11 is 0. The zero-order valence-electron chi connectivity index (χ0n) is 19.1. The summed E-state index contributed by atoms with van der Waals surface area (Å²) in [5.74, 6) is -0.155. The van der Waals surface area contributed by atoms with Gasteiger partial charge in [-0.1, -0.05) is 24.3 Å². The third kappa shape index (κ3) is 6.27. The summed E-state index contributed by atoms with van der Waals surface area (Å²) in [6.45, 7) is 6.45. The van der Waals surface area contributed by atoms with Crippen LogP contribution in [0.15, 0.2) is 48.5 Å². The van der Waals surface area contributed by atoms with Gasteiger partial charge in [0.25, 0.3) is 0 Å². The lowest BCUT2D eigenvalue weighted by atomic mass is 10.1. The number of halogens is 4. The van der Waals surface area contributed by atoms with Crippen LogP contribution in [0.4, 0.5) is 23.2 Å². The van der Waals surface area contributed by atoms with Crippen LogP contribution >= 0.6 is 0 Å². The molecule has 0 aromatic heterocycles. The molecule has 0 radical (unpaired) electrons. The average Bonchev–Trinajstić information content (AvgIpc) is 3.04. The van der Waals surface area contributed by atoms with Crippen molar-refractivity contribution >= 4 is 11.6 Å². The smallest absolute Gasteiger partial charge is 0.366 e. The highest BCUT2D eigenvalue weighted by Crippen LogP contribution is 2.29. The molecular formula is C25H30F4N4O. The highest BCUT2D eigenvalue weighted by molar-refractivity contribution is 5.78. The van der Waals surface area contributed by atoms with Crippen LogP contribution in [-0.4, -0.2) is 79.5 Å². The fourth-order valence-corrected chi connectivity index (χ4v) is 4.59. The van der Waals surface area contributed by atoms with E-state index in [0.717, 1.165) is 50.3 Å². The number of piperazine rings is 1. The van der Waals surface area contributed by atoms with Crippen LogP contribution in [0.25, 0.3) is 0 Å². The highest BCUT2D eigenvalue weighted by Gasteiger charge is 2.30. The van der Waals surface area contributed by atoms with Crippen LogP contribution in [0.5, 0.6) is 0 Å². The van der Waals surface area contributed by atoms with Crippen molar-refractivity contribution in [3.05, 3.63) is 65.5 Å². The third-order valence-corrected chi connectivity index (χ3v) is 6.55. The minimum Gasteiger partial charge on any atom is -0.366 e. The monoisotopic (exact) mass is 478 g/mol. The Bertz CT molecular complexity index is 958. The second-order valence-electron chi connectivity index (χ2n) is 8.92. The minimum atomic E-state index is -4.32. The van der Waals surface area contributed by atoms with E-state index in [1.807, 2.05) is 15.9 Å². The Morgan fingerprint density at radius 3 is 2.12 bits per heavy atom. The van der Waals surface area contributed by atoms with E-state index in [4.69, 9.17) is 0 Å². The van der Waals surface area contributed by atoms with Gasteiger partial charge in [-0.05, 0) is 49.3 Å². The largest absolute Gasteiger partial charge is 0.416 e. The normalized spacial score (nSPS) is 18.7. The van der Waals surface area contributed by atoms with E-state index in [1.165, 1.54) is 18.2 Å². The number of hydrogen-bond acceptors (Lipinski definition) is 4. The van der Waals surface area contributed by atoms with Crippen molar-refractivity contribution in [1.29, 1.82) is 0 Å². The Kier molecular flexibility index (Phi) is 7.73. The van der Waals surface area contributed by atoms with Gasteiger partial charge < -0.3 is 9.80 Å². The van der Waals surface area contributed by atoms with E-state index < -0.39 is 11.7 Å². The van der Waals surface area contributed by atoms with Crippen LogP contribution in [-0.2, 0) is 17.5 Å². The SMILES string of the molecule is O=C(CN1CCCN(Cc2ccc(C(F)(F)F)cc2)CC1)N1CCN(c2ccccc2F)CC1. The van der Waals surface area contributed by atoms with Crippen molar-refractivity contribution < 1.29 is 22.4 Å². The topological polar surface area (TPSA) is 30.0 Å². The molecule has 2 aromatic rings. The summed E-state index contributed by atoms with van der Waals surface area (Å²) in [7, 11) is 0. The highest BCUT2D eigenvalue weighted by atomic mass is 19.4. The van der Waals surface area contributed by atoms with E-state index in [9.17, 15) is 22.4 Å². The Morgan fingerprint density at radius 1 is 0.794 bits per heavy atom. The molecule has 184 valence electrons.